The highest BCUT2D eigenvalue weighted by atomic mass is 35.5. The molecule has 0 atom stereocenters. The molecule has 5 nitrogen and oxygen atoms in total. The van der Waals surface area contributed by atoms with E-state index in [1.807, 2.05) is 31.2 Å². The van der Waals surface area contributed by atoms with Crippen LogP contribution in [-0.4, -0.2) is 45.4 Å². The van der Waals surface area contributed by atoms with Crippen molar-refractivity contribution in [1.29, 1.82) is 0 Å². The number of likely N-dealkylation sites (tertiary alicyclic amines) is 1. The second-order valence-electron chi connectivity index (χ2n) is 5.03. The molecule has 1 saturated heterocycles. The van der Waals surface area contributed by atoms with Gasteiger partial charge >= 0.3 is 0 Å². The lowest BCUT2D eigenvalue weighted by atomic mass is 10.1. The van der Waals surface area contributed by atoms with Crippen LogP contribution in [0.2, 0.25) is 5.02 Å². The summed E-state index contributed by atoms with van der Waals surface area (Å²) in [6, 6.07) is 7.55. The molecule has 0 aliphatic carbocycles. The average Bonchev–Trinajstić information content (AvgIpc) is 2.78. The quantitative estimate of drug-likeness (QED) is 0.845. The predicted molar refractivity (Wildman–Crippen MR) is 77.1 cm³/mol. The molecule has 3 rings (SSSR count). The summed E-state index contributed by atoms with van der Waals surface area (Å²) in [5.74, 6) is 1.80. The van der Waals surface area contributed by atoms with Crippen LogP contribution in [0.15, 0.2) is 30.6 Å². The Hall–Kier alpha value is -1.59. The van der Waals surface area contributed by atoms with Crippen LogP contribution in [-0.2, 0) is 6.54 Å². The first kappa shape index (κ1) is 13.4. The SMILES string of the molecule is Cc1nncn1CCN1CC(Oc2cccc(Cl)c2)C1. The normalized spacial score (nSPS) is 16.1. The van der Waals surface area contributed by atoms with Gasteiger partial charge in [-0.3, -0.25) is 4.90 Å². The van der Waals surface area contributed by atoms with E-state index in [4.69, 9.17) is 16.3 Å². The Morgan fingerprint density at radius 3 is 2.90 bits per heavy atom. The predicted octanol–water partition coefficient (Wildman–Crippen LogP) is 2.00. The number of ether oxygens (including phenoxy) is 1. The Labute approximate surface area is 123 Å². The highest BCUT2D eigenvalue weighted by Crippen LogP contribution is 2.21. The first-order valence-electron chi connectivity index (χ1n) is 6.70. The van der Waals surface area contributed by atoms with E-state index in [0.717, 1.165) is 37.8 Å². The molecule has 0 amide bonds. The van der Waals surface area contributed by atoms with Crippen molar-refractivity contribution >= 4 is 11.6 Å². The number of aromatic nitrogens is 3. The fourth-order valence-corrected chi connectivity index (χ4v) is 2.47. The molecule has 1 aliphatic rings. The van der Waals surface area contributed by atoms with E-state index in [0.29, 0.717) is 5.02 Å². The number of nitrogens with zero attached hydrogens (tertiary/aromatic N) is 4. The topological polar surface area (TPSA) is 43.2 Å². The molecule has 0 bridgehead atoms. The monoisotopic (exact) mass is 292 g/mol. The van der Waals surface area contributed by atoms with E-state index >= 15 is 0 Å². The molecular formula is C14H17ClN4O. The number of hydrogen-bond acceptors (Lipinski definition) is 4. The minimum absolute atomic E-state index is 0.260. The van der Waals surface area contributed by atoms with Gasteiger partial charge < -0.3 is 9.30 Å². The Morgan fingerprint density at radius 1 is 1.35 bits per heavy atom. The molecule has 1 aromatic carbocycles. The third kappa shape index (κ3) is 3.11. The molecule has 2 heterocycles. The number of rotatable bonds is 5. The largest absolute Gasteiger partial charge is 0.488 e. The van der Waals surface area contributed by atoms with Crippen molar-refractivity contribution in [3.05, 3.63) is 41.4 Å². The first-order chi connectivity index (χ1) is 9.70. The molecule has 1 fully saturated rings. The van der Waals surface area contributed by atoms with Gasteiger partial charge in [0.15, 0.2) is 0 Å². The highest BCUT2D eigenvalue weighted by molar-refractivity contribution is 6.30. The van der Waals surface area contributed by atoms with E-state index in [2.05, 4.69) is 19.7 Å². The van der Waals surface area contributed by atoms with Gasteiger partial charge in [0.05, 0.1) is 0 Å². The van der Waals surface area contributed by atoms with Crippen LogP contribution < -0.4 is 4.74 Å². The lowest BCUT2D eigenvalue weighted by molar-refractivity contribution is 0.0179. The van der Waals surface area contributed by atoms with Crippen LogP contribution in [0.5, 0.6) is 5.75 Å². The molecule has 0 radical (unpaired) electrons. The molecule has 1 aliphatic heterocycles. The van der Waals surface area contributed by atoms with Crippen LogP contribution in [0.1, 0.15) is 5.82 Å². The fraction of sp³-hybridized carbons (Fsp3) is 0.429. The molecule has 0 saturated carbocycles. The van der Waals surface area contributed by atoms with Crippen LogP contribution in [0, 0.1) is 6.92 Å². The van der Waals surface area contributed by atoms with Crippen molar-refractivity contribution in [2.45, 2.75) is 19.6 Å². The molecule has 0 spiro atoms. The maximum atomic E-state index is 5.93. The van der Waals surface area contributed by atoms with E-state index < -0.39 is 0 Å². The van der Waals surface area contributed by atoms with Crippen molar-refractivity contribution < 1.29 is 4.74 Å². The lowest BCUT2D eigenvalue weighted by Gasteiger charge is -2.39. The summed E-state index contributed by atoms with van der Waals surface area (Å²) < 4.78 is 7.93. The number of aryl methyl sites for hydroxylation is 1. The molecular weight excluding hydrogens is 276 g/mol. The maximum Gasteiger partial charge on any atom is 0.129 e. The first-order valence-corrected chi connectivity index (χ1v) is 7.07. The third-order valence-corrected chi connectivity index (χ3v) is 3.72. The molecule has 0 N–H and O–H groups in total. The van der Waals surface area contributed by atoms with Crippen LogP contribution in [0.4, 0.5) is 0 Å². The van der Waals surface area contributed by atoms with E-state index in [9.17, 15) is 0 Å². The minimum atomic E-state index is 0.260. The third-order valence-electron chi connectivity index (χ3n) is 3.49. The zero-order valence-electron chi connectivity index (χ0n) is 11.4. The molecule has 20 heavy (non-hydrogen) atoms. The summed E-state index contributed by atoms with van der Waals surface area (Å²) in [5, 5.41) is 8.56. The molecule has 6 heteroatoms. The fourth-order valence-electron chi connectivity index (χ4n) is 2.29. The molecule has 2 aromatic rings. The van der Waals surface area contributed by atoms with Gasteiger partial charge in [0, 0.05) is 31.2 Å². The highest BCUT2D eigenvalue weighted by Gasteiger charge is 2.28. The van der Waals surface area contributed by atoms with Gasteiger partial charge in [-0.2, -0.15) is 0 Å². The molecule has 106 valence electrons. The van der Waals surface area contributed by atoms with Crippen LogP contribution in [0.25, 0.3) is 0 Å². The minimum Gasteiger partial charge on any atom is -0.488 e. The Balaban J connectivity index is 1.42. The maximum absolute atomic E-state index is 5.93. The van der Waals surface area contributed by atoms with Crippen molar-refractivity contribution in [2.24, 2.45) is 0 Å². The van der Waals surface area contributed by atoms with E-state index in [1.165, 1.54) is 0 Å². The van der Waals surface area contributed by atoms with E-state index in [1.54, 1.807) is 6.33 Å². The standard InChI is InChI=1S/C14H17ClN4O/c1-11-17-16-10-19(11)6-5-18-8-14(9-18)20-13-4-2-3-12(15)7-13/h2-4,7,10,14H,5-6,8-9H2,1H3. The summed E-state index contributed by atoms with van der Waals surface area (Å²) in [6.07, 6.45) is 2.03. The van der Waals surface area contributed by atoms with Gasteiger partial charge in [-0.05, 0) is 25.1 Å². The Bertz CT molecular complexity index is 580. The number of hydrogen-bond donors (Lipinski definition) is 0. The van der Waals surface area contributed by atoms with E-state index in [-0.39, 0.29) is 6.10 Å². The van der Waals surface area contributed by atoms with Crippen molar-refractivity contribution in [3.63, 3.8) is 0 Å². The summed E-state index contributed by atoms with van der Waals surface area (Å²) in [6.45, 7) is 5.78. The Morgan fingerprint density at radius 2 is 2.20 bits per heavy atom. The zero-order valence-corrected chi connectivity index (χ0v) is 12.1. The van der Waals surface area contributed by atoms with Gasteiger partial charge in [0.2, 0.25) is 0 Å². The zero-order chi connectivity index (χ0) is 13.9. The van der Waals surface area contributed by atoms with Crippen molar-refractivity contribution in [1.82, 2.24) is 19.7 Å². The summed E-state index contributed by atoms with van der Waals surface area (Å²) in [4.78, 5) is 2.36. The lowest BCUT2D eigenvalue weighted by Crippen LogP contribution is -2.54. The smallest absolute Gasteiger partial charge is 0.129 e. The Kier molecular flexibility index (Phi) is 3.89. The summed E-state index contributed by atoms with van der Waals surface area (Å²) >= 11 is 5.93. The number of halogens is 1. The van der Waals surface area contributed by atoms with Crippen molar-refractivity contribution in [3.8, 4) is 5.75 Å². The summed E-state index contributed by atoms with van der Waals surface area (Å²) in [5.41, 5.74) is 0. The summed E-state index contributed by atoms with van der Waals surface area (Å²) in [7, 11) is 0. The van der Waals surface area contributed by atoms with Gasteiger partial charge in [-0.15, -0.1) is 10.2 Å². The molecule has 1 aromatic heterocycles. The van der Waals surface area contributed by atoms with Crippen molar-refractivity contribution in [2.75, 3.05) is 19.6 Å². The van der Waals surface area contributed by atoms with Gasteiger partial charge in [-0.1, -0.05) is 17.7 Å². The average molecular weight is 293 g/mol. The number of benzene rings is 1. The second-order valence-corrected chi connectivity index (χ2v) is 5.46. The van der Waals surface area contributed by atoms with Crippen LogP contribution in [0.3, 0.4) is 0 Å². The second kappa shape index (κ2) is 5.81. The van der Waals surface area contributed by atoms with Gasteiger partial charge in [0.1, 0.15) is 24.0 Å². The molecule has 0 unspecified atom stereocenters. The van der Waals surface area contributed by atoms with Gasteiger partial charge in [-0.25, -0.2) is 0 Å². The van der Waals surface area contributed by atoms with Gasteiger partial charge in [0.25, 0.3) is 0 Å². The van der Waals surface area contributed by atoms with Crippen LogP contribution >= 0.6 is 11.6 Å².